The van der Waals surface area contributed by atoms with Gasteiger partial charge in [0.1, 0.15) is 12.4 Å². The van der Waals surface area contributed by atoms with Gasteiger partial charge in [-0.3, -0.25) is 19.6 Å². The lowest BCUT2D eigenvalue weighted by molar-refractivity contribution is -0.385. The maximum atomic E-state index is 12.2. The van der Waals surface area contributed by atoms with Crippen LogP contribution in [0, 0.1) is 10.1 Å². The van der Waals surface area contributed by atoms with Crippen molar-refractivity contribution < 1.29 is 9.72 Å². The molecule has 0 unspecified atom stereocenters. The van der Waals surface area contributed by atoms with Gasteiger partial charge in [0.2, 0.25) is 0 Å². The fourth-order valence-electron chi connectivity index (χ4n) is 2.06. The van der Waals surface area contributed by atoms with Gasteiger partial charge in [0.25, 0.3) is 5.91 Å². The van der Waals surface area contributed by atoms with Crippen molar-refractivity contribution in [3.05, 3.63) is 73.7 Å². The second-order valence-electron chi connectivity index (χ2n) is 4.94. The summed E-state index contributed by atoms with van der Waals surface area (Å²) in [7, 11) is 0. The smallest absolute Gasteiger partial charge is 0.307 e. The lowest BCUT2D eigenvalue weighted by Gasteiger charge is -2.03. The van der Waals surface area contributed by atoms with E-state index in [1.165, 1.54) is 28.4 Å². The summed E-state index contributed by atoms with van der Waals surface area (Å²) < 4.78 is 1.46. The summed E-state index contributed by atoms with van der Waals surface area (Å²) in [6, 6.07) is 8.63. The monoisotopic (exact) mass is 362 g/mol. The summed E-state index contributed by atoms with van der Waals surface area (Å²) in [5, 5.41) is 19.7. The van der Waals surface area contributed by atoms with Crippen LogP contribution in [-0.4, -0.2) is 20.6 Å². The Morgan fingerprint density at radius 2 is 2.25 bits per heavy atom. The first-order chi connectivity index (χ1) is 11.5. The van der Waals surface area contributed by atoms with Crippen LogP contribution in [0.5, 0.6) is 0 Å². The SMILES string of the molecule is O=C(Nc1cccc(Cl)c1)c1cc(Cn2cc([N+](=O)[O-])cn2)cs1. The van der Waals surface area contributed by atoms with E-state index in [0.717, 1.165) is 5.56 Å². The second-order valence-corrected chi connectivity index (χ2v) is 6.28. The van der Waals surface area contributed by atoms with Gasteiger partial charge in [-0.25, -0.2) is 0 Å². The van der Waals surface area contributed by atoms with Crippen molar-refractivity contribution >= 4 is 40.2 Å². The summed E-state index contributed by atoms with van der Waals surface area (Å²) in [4.78, 5) is 22.9. The molecule has 0 atom stereocenters. The minimum atomic E-state index is -0.499. The van der Waals surface area contributed by atoms with Crippen LogP contribution < -0.4 is 5.32 Å². The zero-order valence-electron chi connectivity index (χ0n) is 12.2. The van der Waals surface area contributed by atoms with Crippen molar-refractivity contribution in [3.8, 4) is 0 Å². The zero-order valence-corrected chi connectivity index (χ0v) is 13.8. The van der Waals surface area contributed by atoms with E-state index in [4.69, 9.17) is 11.6 Å². The average molecular weight is 363 g/mol. The highest BCUT2D eigenvalue weighted by Gasteiger charge is 2.12. The topological polar surface area (TPSA) is 90.1 Å². The normalized spacial score (nSPS) is 10.5. The van der Waals surface area contributed by atoms with E-state index in [0.29, 0.717) is 22.1 Å². The summed E-state index contributed by atoms with van der Waals surface area (Å²) in [5.41, 5.74) is 1.39. The van der Waals surface area contributed by atoms with Crippen molar-refractivity contribution in [2.45, 2.75) is 6.54 Å². The summed E-state index contributed by atoms with van der Waals surface area (Å²) in [6.45, 7) is 0.356. The molecule has 0 aliphatic rings. The largest absolute Gasteiger partial charge is 0.321 e. The number of halogens is 1. The molecule has 2 heterocycles. The molecule has 7 nitrogen and oxygen atoms in total. The highest BCUT2D eigenvalue weighted by atomic mass is 35.5. The Labute approximate surface area is 145 Å². The van der Waals surface area contributed by atoms with Crippen molar-refractivity contribution in [2.75, 3.05) is 5.32 Å². The Morgan fingerprint density at radius 1 is 1.42 bits per heavy atom. The summed E-state index contributed by atoms with van der Waals surface area (Å²) in [5.74, 6) is -0.236. The van der Waals surface area contributed by atoms with Gasteiger partial charge in [-0.05, 0) is 35.2 Å². The lowest BCUT2D eigenvalue weighted by atomic mass is 10.3. The molecule has 1 aromatic carbocycles. The van der Waals surface area contributed by atoms with Crippen LogP contribution in [0.15, 0.2) is 48.1 Å². The van der Waals surface area contributed by atoms with Gasteiger partial charge < -0.3 is 5.32 Å². The molecule has 0 saturated heterocycles. The predicted molar refractivity (Wildman–Crippen MR) is 91.7 cm³/mol. The molecule has 3 rings (SSSR count). The molecule has 0 aliphatic carbocycles. The molecule has 0 fully saturated rings. The molecule has 24 heavy (non-hydrogen) atoms. The maximum absolute atomic E-state index is 12.2. The minimum Gasteiger partial charge on any atom is -0.321 e. The van der Waals surface area contributed by atoms with Crippen molar-refractivity contribution in [2.24, 2.45) is 0 Å². The van der Waals surface area contributed by atoms with Crippen molar-refractivity contribution in [3.63, 3.8) is 0 Å². The van der Waals surface area contributed by atoms with E-state index in [9.17, 15) is 14.9 Å². The molecular formula is C15H11ClN4O3S. The predicted octanol–water partition coefficient (Wildman–Crippen LogP) is 3.81. The number of nitrogens with one attached hydrogen (secondary N) is 1. The van der Waals surface area contributed by atoms with Gasteiger partial charge in [-0.1, -0.05) is 17.7 Å². The number of nitrogens with zero attached hydrogens (tertiary/aromatic N) is 3. The molecule has 1 amide bonds. The standard InChI is InChI=1S/C15H11ClN4O3S/c16-11-2-1-3-12(5-11)18-15(21)14-4-10(9-24-14)7-19-8-13(6-17-19)20(22)23/h1-6,8-9H,7H2,(H,18,21). The maximum Gasteiger partial charge on any atom is 0.307 e. The number of benzene rings is 1. The Kier molecular flexibility index (Phi) is 4.59. The quantitative estimate of drug-likeness (QED) is 0.552. The van der Waals surface area contributed by atoms with Gasteiger partial charge >= 0.3 is 5.69 Å². The number of hydrogen-bond donors (Lipinski definition) is 1. The van der Waals surface area contributed by atoms with Crippen LogP contribution in [0.4, 0.5) is 11.4 Å². The van der Waals surface area contributed by atoms with Gasteiger partial charge in [0.15, 0.2) is 0 Å². The number of amides is 1. The zero-order chi connectivity index (χ0) is 17.1. The van der Waals surface area contributed by atoms with E-state index >= 15 is 0 Å². The van der Waals surface area contributed by atoms with Crippen LogP contribution >= 0.6 is 22.9 Å². The number of aromatic nitrogens is 2. The molecule has 9 heteroatoms. The van der Waals surface area contributed by atoms with E-state index in [1.54, 1.807) is 30.3 Å². The average Bonchev–Trinajstić information content (AvgIpc) is 3.17. The molecule has 0 spiro atoms. The van der Waals surface area contributed by atoms with Gasteiger partial charge in [-0.2, -0.15) is 5.10 Å². The first-order valence-corrected chi connectivity index (χ1v) is 8.08. The van der Waals surface area contributed by atoms with Crippen LogP contribution in [-0.2, 0) is 6.54 Å². The van der Waals surface area contributed by atoms with E-state index < -0.39 is 4.92 Å². The molecule has 0 radical (unpaired) electrons. The third-order valence-corrected chi connectivity index (χ3v) is 4.35. The molecule has 0 bridgehead atoms. The molecule has 3 aromatic rings. The van der Waals surface area contributed by atoms with Crippen molar-refractivity contribution in [1.29, 1.82) is 0 Å². The van der Waals surface area contributed by atoms with E-state index in [1.807, 2.05) is 5.38 Å². The van der Waals surface area contributed by atoms with Crippen LogP contribution in [0.2, 0.25) is 5.02 Å². The third kappa shape index (κ3) is 3.79. The Balaban J connectivity index is 1.68. The summed E-state index contributed by atoms with van der Waals surface area (Å²) >= 11 is 7.18. The molecular weight excluding hydrogens is 352 g/mol. The van der Waals surface area contributed by atoms with E-state index in [-0.39, 0.29) is 11.6 Å². The molecule has 1 N–H and O–H groups in total. The number of nitro groups is 1. The van der Waals surface area contributed by atoms with Crippen LogP contribution in [0.25, 0.3) is 0 Å². The number of rotatable bonds is 5. The number of carbonyl (C=O) groups excluding carboxylic acids is 1. The highest BCUT2D eigenvalue weighted by Crippen LogP contribution is 2.20. The first-order valence-electron chi connectivity index (χ1n) is 6.82. The molecule has 0 aliphatic heterocycles. The van der Waals surface area contributed by atoms with Gasteiger partial charge in [-0.15, -0.1) is 11.3 Å². The fourth-order valence-corrected chi connectivity index (χ4v) is 3.05. The van der Waals surface area contributed by atoms with Gasteiger partial charge in [0, 0.05) is 10.7 Å². The third-order valence-electron chi connectivity index (χ3n) is 3.14. The minimum absolute atomic E-state index is 0.0656. The number of carbonyl (C=O) groups is 1. The Morgan fingerprint density at radius 3 is 2.96 bits per heavy atom. The van der Waals surface area contributed by atoms with Crippen LogP contribution in [0.1, 0.15) is 15.2 Å². The number of thiophene rings is 1. The highest BCUT2D eigenvalue weighted by molar-refractivity contribution is 7.12. The number of anilines is 1. The second kappa shape index (κ2) is 6.81. The Bertz CT molecular complexity index is 906. The first kappa shape index (κ1) is 16.2. The molecule has 2 aromatic heterocycles. The lowest BCUT2D eigenvalue weighted by Crippen LogP contribution is -2.10. The van der Waals surface area contributed by atoms with Crippen LogP contribution in [0.3, 0.4) is 0 Å². The van der Waals surface area contributed by atoms with E-state index in [2.05, 4.69) is 10.4 Å². The Hall–Kier alpha value is -2.71. The van der Waals surface area contributed by atoms with Crippen molar-refractivity contribution in [1.82, 2.24) is 9.78 Å². The summed E-state index contributed by atoms with van der Waals surface area (Å²) in [6.07, 6.45) is 2.54. The fraction of sp³-hybridized carbons (Fsp3) is 0.0667. The number of hydrogen-bond acceptors (Lipinski definition) is 5. The molecule has 122 valence electrons. The van der Waals surface area contributed by atoms with Gasteiger partial charge in [0.05, 0.1) is 16.3 Å². The molecule has 0 saturated carbocycles.